The van der Waals surface area contributed by atoms with Gasteiger partial charge in [-0.05, 0) is 77.8 Å². The molecule has 2 aromatic rings. The van der Waals surface area contributed by atoms with E-state index in [0.717, 1.165) is 23.5 Å². The Balaban J connectivity index is 1.53. The van der Waals surface area contributed by atoms with E-state index in [1.54, 1.807) is 0 Å². The van der Waals surface area contributed by atoms with Crippen LogP contribution in [0.5, 0.6) is 0 Å². The summed E-state index contributed by atoms with van der Waals surface area (Å²) in [5.41, 5.74) is 6.62. The highest BCUT2D eigenvalue weighted by Gasteiger charge is 2.28. The molecule has 0 saturated carbocycles. The summed E-state index contributed by atoms with van der Waals surface area (Å²) in [5, 5.41) is 1.49. The van der Waals surface area contributed by atoms with Gasteiger partial charge in [-0.3, -0.25) is 4.57 Å². The van der Waals surface area contributed by atoms with Crippen LogP contribution >= 0.6 is 7.37 Å². The summed E-state index contributed by atoms with van der Waals surface area (Å²) in [5.74, 6) is 0.485. The van der Waals surface area contributed by atoms with Crippen molar-refractivity contribution in [2.24, 2.45) is 0 Å². The lowest BCUT2D eigenvalue weighted by Crippen LogP contribution is -2.18. The normalized spacial score (nSPS) is 11.9. The van der Waals surface area contributed by atoms with Gasteiger partial charge in [0.1, 0.15) is 0 Å². The predicted molar refractivity (Wildman–Crippen MR) is 136 cm³/mol. The summed E-state index contributed by atoms with van der Waals surface area (Å²) in [6.45, 7) is 7.09. The summed E-state index contributed by atoms with van der Waals surface area (Å²) >= 11 is 0. The van der Waals surface area contributed by atoms with Gasteiger partial charge in [0.2, 0.25) is 0 Å². The summed E-state index contributed by atoms with van der Waals surface area (Å²) in [6, 6.07) is 30.4. The molecule has 0 saturated heterocycles. The molecule has 0 atom stereocenters. The molecule has 4 rings (SSSR count). The van der Waals surface area contributed by atoms with E-state index in [9.17, 15) is 4.57 Å². The van der Waals surface area contributed by atoms with Crippen LogP contribution in [0, 0.1) is 6.92 Å². The average Bonchev–Trinajstić information content (AvgIpc) is 3.07. The molecule has 0 amide bonds. The molecule has 0 bridgehead atoms. The standard InChI is InChI=1S/C29H31O2P/c1-22(2)25-18-17-24(28-19-16-23(3)29(28)21-25)11-10-20-31-32(30,26-12-6-4-7-13-26)27-14-8-5-9-15-27/h4-9,12-19,21-22H,10-11,20H2,1-3H3. The van der Waals surface area contributed by atoms with E-state index in [-0.39, 0.29) is 0 Å². The highest BCUT2D eigenvalue weighted by atomic mass is 31.2. The van der Waals surface area contributed by atoms with Crippen molar-refractivity contribution in [3.05, 3.63) is 108 Å². The number of fused-ring (bicyclic) bond motifs is 1. The molecule has 2 aromatic carbocycles. The molecule has 3 heteroatoms. The Kier molecular flexibility index (Phi) is 6.94. The SMILES string of the molecule is Cc1ccc2c(CCCOP(=O)(c3ccccc3)c3ccccc3)ccc(C(C)C)cc1-2. The van der Waals surface area contributed by atoms with Crippen molar-refractivity contribution >= 4 is 18.0 Å². The van der Waals surface area contributed by atoms with Crippen molar-refractivity contribution in [3.8, 4) is 11.1 Å². The molecule has 32 heavy (non-hydrogen) atoms. The van der Waals surface area contributed by atoms with E-state index < -0.39 is 7.37 Å². The van der Waals surface area contributed by atoms with E-state index in [4.69, 9.17) is 4.52 Å². The van der Waals surface area contributed by atoms with E-state index in [2.05, 4.69) is 51.1 Å². The topological polar surface area (TPSA) is 26.3 Å². The summed E-state index contributed by atoms with van der Waals surface area (Å²) in [6.07, 6.45) is 1.69. The van der Waals surface area contributed by atoms with E-state index in [1.807, 2.05) is 60.7 Å². The maximum atomic E-state index is 14.0. The van der Waals surface area contributed by atoms with Gasteiger partial charge in [0.25, 0.3) is 7.37 Å². The number of hydrogen-bond donors (Lipinski definition) is 0. The molecule has 0 N–H and O–H groups in total. The molecule has 0 fully saturated rings. The molecule has 2 aliphatic rings. The molecule has 0 heterocycles. The first-order valence-electron chi connectivity index (χ1n) is 11.4. The third kappa shape index (κ3) is 4.72. The minimum Gasteiger partial charge on any atom is -0.322 e. The van der Waals surface area contributed by atoms with Gasteiger partial charge in [0.15, 0.2) is 0 Å². The molecule has 164 valence electrons. The van der Waals surface area contributed by atoms with Crippen LogP contribution in [0.1, 0.15) is 42.9 Å². The Hall–Kier alpha value is -2.67. The van der Waals surface area contributed by atoms with Gasteiger partial charge in [-0.2, -0.15) is 0 Å². The lowest BCUT2D eigenvalue weighted by Gasteiger charge is -2.19. The van der Waals surface area contributed by atoms with Crippen molar-refractivity contribution in [3.63, 3.8) is 0 Å². The number of benzene rings is 2. The Morgan fingerprint density at radius 2 is 1.41 bits per heavy atom. The zero-order valence-corrected chi connectivity index (χ0v) is 20.0. The molecule has 0 aromatic heterocycles. The second-order valence-corrected chi connectivity index (χ2v) is 11.1. The number of aryl methyl sites for hydroxylation is 2. The molecule has 0 radical (unpaired) electrons. The zero-order valence-electron chi connectivity index (χ0n) is 19.1. The van der Waals surface area contributed by atoms with Crippen LogP contribution in [-0.2, 0) is 15.5 Å². The molecular formula is C29H31O2P. The summed E-state index contributed by atoms with van der Waals surface area (Å²) in [7, 11) is -3.12. The van der Waals surface area contributed by atoms with Gasteiger partial charge in [-0.15, -0.1) is 0 Å². The fourth-order valence-corrected chi connectivity index (χ4v) is 6.26. The van der Waals surface area contributed by atoms with Crippen molar-refractivity contribution in [1.29, 1.82) is 0 Å². The molecule has 0 unspecified atom stereocenters. The Morgan fingerprint density at radius 1 is 0.781 bits per heavy atom. The van der Waals surface area contributed by atoms with Gasteiger partial charge >= 0.3 is 0 Å². The molecule has 2 aliphatic carbocycles. The minimum atomic E-state index is -3.12. The largest absolute Gasteiger partial charge is 0.322 e. The van der Waals surface area contributed by atoms with Gasteiger partial charge in [0.05, 0.1) is 6.61 Å². The first kappa shape index (κ1) is 22.5. The minimum absolute atomic E-state index is 0.442. The molecule has 0 spiro atoms. The maximum absolute atomic E-state index is 14.0. The predicted octanol–water partition coefficient (Wildman–Crippen LogP) is 7.10. The zero-order chi connectivity index (χ0) is 22.6. The van der Waals surface area contributed by atoms with Crippen LogP contribution < -0.4 is 10.6 Å². The lowest BCUT2D eigenvalue weighted by atomic mass is 10.0. The smallest absolute Gasteiger partial charge is 0.261 e. The van der Waals surface area contributed by atoms with Gasteiger partial charge in [-0.1, -0.05) is 80.6 Å². The fourth-order valence-electron chi connectivity index (χ4n) is 4.15. The van der Waals surface area contributed by atoms with Gasteiger partial charge in [-0.25, -0.2) is 0 Å². The van der Waals surface area contributed by atoms with Crippen LogP contribution in [-0.4, -0.2) is 6.61 Å². The monoisotopic (exact) mass is 442 g/mol. The Morgan fingerprint density at radius 3 is 2.00 bits per heavy atom. The van der Waals surface area contributed by atoms with Crippen LogP contribution in [0.3, 0.4) is 0 Å². The van der Waals surface area contributed by atoms with E-state index >= 15 is 0 Å². The third-order valence-electron chi connectivity index (χ3n) is 6.07. The van der Waals surface area contributed by atoms with Crippen LogP contribution in [0.15, 0.2) is 91.0 Å². The highest BCUT2D eigenvalue weighted by Crippen LogP contribution is 2.44. The second-order valence-electron chi connectivity index (χ2n) is 8.66. The molecule has 2 nitrogen and oxygen atoms in total. The lowest BCUT2D eigenvalue weighted by molar-refractivity contribution is 0.320. The first-order valence-corrected chi connectivity index (χ1v) is 13.0. The van der Waals surface area contributed by atoms with E-state index in [1.165, 1.54) is 27.8 Å². The number of rotatable bonds is 8. The highest BCUT2D eigenvalue weighted by molar-refractivity contribution is 7.74. The fraction of sp³-hybridized carbons (Fsp3) is 0.241. The van der Waals surface area contributed by atoms with Crippen molar-refractivity contribution in [2.45, 2.75) is 39.5 Å². The first-order chi connectivity index (χ1) is 15.5. The van der Waals surface area contributed by atoms with Crippen molar-refractivity contribution in [2.75, 3.05) is 6.61 Å². The Labute approximate surface area is 192 Å². The maximum Gasteiger partial charge on any atom is 0.261 e. The molecular weight excluding hydrogens is 411 g/mol. The van der Waals surface area contributed by atoms with Crippen LogP contribution in [0.25, 0.3) is 11.1 Å². The van der Waals surface area contributed by atoms with E-state index in [0.29, 0.717) is 12.5 Å². The summed E-state index contributed by atoms with van der Waals surface area (Å²) < 4.78 is 20.2. The van der Waals surface area contributed by atoms with Crippen LogP contribution in [0.4, 0.5) is 0 Å². The van der Waals surface area contributed by atoms with Gasteiger partial charge < -0.3 is 4.52 Å². The van der Waals surface area contributed by atoms with Crippen LogP contribution in [0.2, 0.25) is 0 Å². The van der Waals surface area contributed by atoms with Crippen molar-refractivity contribution < 1.29 is 9.09 Å². The third-order valence-corrected chi connectivity index (χ3v) is 8.57. The quantitative estimate of drug-likeness (QED) is 0.215. The second kappa shape index (κ2) is 9.86. The number of hydrogen-bond acceptors (Lipinski definition) is 2. The van der Waals surface area contributed by atoms with Gasteiger partial charge in [0, 0.05) is 10.6 Å². The summed E-state index contributed by atoms with van der Waals surface area (Å²) in [4.78, 5) is 0. The molecule has 0 aliphatic heterocycles. The van der Waals surface area contributed by atoms with Crippen molar-refractivity contribution in [1.82, 2.24) is 0 Å². The average molecular weight is 443 g/mol. The Bertz CT molecular complexity index is 1140.